The van der Waals surface area contributed by atoms with Gasteiger partial charge in [-0.15, -0.1) is 0 Å². The van der Waals surface area contributed by atoms with Crippen LogP contribution in [0.4, 0.5) is 10.1 Å². The summed E-state index contributed by atoms with van der Waals surface area (Å²) in [5, 5.41) is 3.31. The van der Waals surface area contributed by atoms with Gasteiger partial charge in [0.15, 0.2) is 0 Å². The number of hydrogen-bond donors (Lipinski definition) is 1. The minimum absolute atomic E-state index is 0.203. The van der Waals surface area contributed by atoms with Crippen molar-refractivity contribution in [1.29, 1.82) is 0 Å². The molecule has 0 unspecified atom stereocenters. The maximum atomic E-state index is 13.0. The van der Waals surface area contributed by atoms with E-state index in [1.54, 1.807) is 6.07 Å². The van der Waals surface area contributed by atoms with Crippen molar-refractivity contribution in [3.8, 4) is 0 Å². The summed E-state index contributed by atoms with van der Waals surface area (Å²) in [4.78, 5) is 4.16. The third kappa shape index (κ3) is 2.70. The molecular weight excluding hydrogens is 229 g/mol. The Kier molecular flexibility index (Phi) is 3.65. The van der Waals surface area contributed by atoms with Crippen LogP contribution in [0.3, 0.4) is 0 Å². The molecule has 1 heterocycles. The molecule has 18 heavy (non-hydrogen) atoms. The summed E-state index contributed by atoms with van der Waals surface area (Å²) in [6, 6.07) is 5.15. The van der Waals surface area contributed by atoms with Crippen molar-refractivity contribution in [3.05, 3.63) is 47.8 Å². The Morgan fingerprint density at radius 2 is 2.17 bits per heavy atom. The van der Waals surface area contributed by atoms with Crippen molar-refractivity contribution in [2.45, 2.75) is 33.4 Å². The van der Waals surface area contributed by atoms with Gasteiger partial charge >= 0.3 is 0 Å². The molecule has 2 aromatic rings. The number of rotatable bonds is 4. The average Bonchev–Trinajstić information content (AvgIpc) is 2.76. The van der Waals surface area contributed by atoms with Crippen molar-refractivity contribution < 1.29 is 4.39 Å². The number of anilines is 1. The summed E-state index contributed by atoms with van der Waals surface area (Å²) in [7, 11) is 0. The number of nitrogens with zero attached hydrogens (tertiary/aromatic N) is 2. The lowest BCUT2D eigenvalue weighted by atomic mass is 10.2. The Morgan fingerprint density at radius 1 is 1.39 bits per heavy atom. The Balaban J connectivity index is 2.09. The number of benzene rings is 1. The highest BCUT2D eigenvalue weighted by Crippen LogP contribution is 2.17. The normalized spacial score (nSPS) is 10.9. The van der Waals surface area contributed by atoms with Gasteiger partial charge in [0.05, 0.1) is 18.6 Å². The maximum Gasteiger partial charge on any atom is 0.123 e. The number of halogens is 1. The van der Waals surface area contributed by atoms with Crippen LogP contribution < -0.4 is 5.32 Å². The van der Waals surface area contributed by atoms with Crippen LogP contribution in [0, 0.1) is 12.7 Å². The van der Waals surface area contributed by atoms with E-state index in [4.69, 9.17) is 0 Å². The van der Waals surface area contributed by atoms with Crippen LogP contribution in [0.2, 0.25) is 0 Å². The second-order valence-electron chi connectivity index (χ2n) is 4.70. The molecule has 1 aromatic heterocycles. The monoisotopic (exact) mass is 247 g/mol. The molecule has 0 saturated carbocycles. The van der Waals surface area contributed by atoms with Crippen LogP contribution in [0.15, 0.2) is 30.7 Å². The number of aryl methyl sites for hydroxylation is 1. The molecule has 0 atom stereocenters. The fourth-order valence-electron chi connectivity index (χ4n) is 1.95. The van der Waals surface area contributed by atoms with Gasteiger partial charge in [0.1, 0.15) is 5.82 Å². The summed E-state index contributed by atoms with van der Waals surface area (Å²) < 4.78 is 15.1. The van der Waals surface area contributed by atoms with Crippen LogP contribution in [-0.4, -0.2) is 9.55 Å². The number of imidazole rings is 1. The molecular formula is C14H18FN3. The van der Waals surface area contributed by atoms with Gasteiger partial charge in [-0.2, -0.15) is 0 Å². The molecule has 0 aliphatic rings. The first kappa shape index (κ1) is 12.6. The van der Waals surface area contributed by atoms with Crippen molar-refractivity contribution in [3.63, 3.8) is 0 Å². The summed E-state index contributed by atoms with van der Waals surface area (Å²) in [6.07, 6.45) is 3.69. The third-order valence-electron chi connectivity index (χ3n) is 2.95. The standard InChI is InChI=1S/C14H18FN3/c1-10(2)18-9-16-7-13(18)8-17-14-5-4-12(15)6-11(14)3/h4-7,9-10,17H,8H2,1-3H3. The lowest BCUT2D eigenvalue weighted by Gasteiger charge is -2.14. The van der Waals surface area contributed by atoms with E-state index in [0.29, 0.717) is 12.6 Å². The summed E-state index contributed by atoms with van der Waals surface area (Å²) >= 11 is 0. The van der Waals surface area contributed by atoms with E-state index < -0.39 is 0 Å². The second-order valence-corrected chi connectivity index (χ2v) is 4.70. The molecule has 0 fully saturated rings. The van der Waals surface area contributed by atoms with Gasteiger partial charge in [-0.3, -0.25) is 0 Å². The van der Waals surface area contributed by atoms with Crippen LogP contribution in [0.5, 0.6) is 0 Å². The van der Waals surface area contributed by atoms with E-state index in [1.165, 1.54) is 12.1 Å². The fraction of sp³-hybridized carbons (Fsp3) is 0.357. The van der Waals surface area contributed by atoms with Crippen molar-refractivity contribution in [2.24, 2.45) is 0 Å². The van der Waals surface area contributed by atoms with Crippen molar-refractivity contribution in [1.82, 2.24) is 9.55 Å². The Morgan fingerprint density at radius 3 is 2.83 bits per heavy atom. The minimum atomic E-state index is -0.203. The van der Waals surface area contributed by atoms with E-state index in [-0.39, 0.29) is 5.82 Å². The molecule has 0 saturated heterocycles. The molecule has 0 amide bonds. The van der Waals surface area contributed by atoms with Gasteiger partial charge in [-0.25, -0.2) is 9.37 Å². The molecule has 0 aliphatic heterocycles. The number of hydrogen-bond acceptors (Lipinski definition) is 2. The molecule has 1 aromatic carbocycles. The molecule has 0 radical (unpaired) electrons. The summed E-state index contributed by atoms with van der Waals surface area (Å²) in [5.41, 5.74) is 2.98. The molecule has 2 rings (SSSR count). The molecule has 3 nitrogen and oxygen atoms in total. The van der Waals surface area contributed by atoms with Gasteiger partial charge in [0.25, 0.3) is 0 Å². The van der Waals surface area contributed by atoms with Crippen LogP contribution in [0.25, 0.3) is 0 Å². The van der Waals surface area contributed by atoms with Crippen molar-refractivity contribution in [2.75, 3.05) is 5.32 Å². The Bertz CT molecular complexity index is 532. The molecule has 1 N–H and O–H groups in total. The average molecular weight is 247 g/mol. The molecule has 0 spiro atoms. The third-order valence-corrected chi connectivity index (χ3v) is 2.95. The zero-order valence-corrected chi connectivity index (χ0v) is 10.9. The summed E-state index contributed by atoms with van der Waals surface area (Å²) in [6.45, 7) is 6.82. The zero-order chi connectivity index (χ0) is 13.1. The predicted molar refractivity (Wildman–Crippen MR) is 71.1 cm³/mol. The molecule has 4 heteroatoms. The SMILES string of the molecule is Cc1cc(F)ccc1NCc1cncn1C(C)C. The van der Waals surface area contributed by atoms with E-state index in [2.05, 4.69) is 28.7 Å². The molecule has 0 bridgehead atoms. The number of aromatic nitrogens is 2. The zero-order valence-electron chi connectivity index (χ0n) is 10.9. The molecule has 0 aliphatic carbocycles. The quantitative estimate of drug-likeness (QED) is 0.895. The first-order valence-corrected chi connectivity index (χ1v) is 6.08. The van der Waals surface area contributed by atoms with Crippen LogP contribution in [-0.2, 0) is 6.54 Å². The maximum absolute atomic E-state index is 13.0. The first-order valence-electron chi connectivity index (χ1n) is 6.08. The largest absolute Gasteiger partial charge is 0.379 e. The highest BCUT2D eigenvalue weighted by molar-refractivity contribution is 5.50. The first-order chi connectivity index (χ1) is 8.58. The van der Waals surface area contributed by atoms with E-state index in [0.717, 1.165) is 16.9 Å². The van der Waals surface area contributed by atoms with Gasteiger partial charge in [0, 0.05) is 17.9 Å². The Hall–Kier alpha value is -1.84. The van der Waals surface area contributed by atoms with E-state index in [1.807, 2.05) is 19.4 Å². The van der Waals surface area contributed by atoms with Crippen LogP contribution in [0.1, 0.15) is 31.1 Å². The predicted octanol–water partition coefficient (Wildman–Crippen LogP) is 3.52. The highest BCUT2D eigenvalue weighted by Gasteiger charge is 2.06. The number of nitrogens with one attached hydrogen (secondary N) is 1. The topological polar surface area (TPSA) is 29.9 Å². The van der Waals surface area contributed by atoms with Crippen LogP contribution >= 0.6 is 0 Å². The fourth-order valence-corrected chi connectivity index (χ4v) is 1.95. The van der Waals surface area contributed by atoms with Gasteiger partial charge in [0.2, 0.25) is 0 Å². The van der Waals surface area contributed by atoms with Crippen molar-refractivity contribution >= 4 is 5.69 Å². The second kappa shape index (κ2) is 5.21. The van der Waals surface area contributed by atoms with E-state index in [9.17, 15) is 4.39 Å². The van der Waals surface area contributed by atoms with Gasteiger partial charge < -0.3 is 9.88 Å². The molecule has 96 valence electrons. The lowest BCUT2D eigenvalue weighted by Crippen LogP contribution is -2.09. The lowest BCUT2D eigenvalue weighted by molar-refractivity contribution is 0.577. The van der Waals surface area contributed by atoms with E-state index >= 15 is 0 Å². The highest BCUT2D eigenvalue weighted by atomic mass is 19.1. The minimum Gasteiger partial charge on any atom is -0.379 e. The Labute approximate surface area is 107 Å². The van der Waals surface area contributed by atoms with Gasteiger partial charge in [-0.1, -0.05) is 0 Å². The smallest absolute Gasteiger partial charge is 0.123 e. The van der Waals surface area contributed by atoms with Gasteiger partial charge in [-0.05, 0) is 44.5 Å². The summed E-state index contributed by atoms with van der Waals surface area (Å²) in [5.74, 6) is -0.203.